The Morgan fingerprint density at radius 1 is 1.22 bits per heavy atom. The summed E-state index contributed by atoms with van der Waals surface area (Å²) in [5.74, 6) is 1.39. The quantitative estimate of drug-likeness (QED) is 0.783. The van der Waals surface area contributed by atoms with E-state index in [0.29, 0.717) is 19.1 Å². The Balaban J connectivity index is 2.46. The molecule has 1 unspecified atom stereocenters. The maximum atomic E-state index is 5.92. The zero-order chi connectivity index (χ0) is 13.5. The van der Waals surface area contributed by atoms with Crippen molar-refractivity contribution in [2.24, 2.45) is 11.7 Å². The second-order valence-electron chi connectivity index (χ2n) is 4.79. The van der Waals surface area contributed by atoms with Gasteiger partial charge in [-0.05, 0) is 31.0 Å². The monoisotopic (exact) mass is 315 g/mol. The third-order valence-corrected chi connectivity index (χ3v) is 2.89. The van der Waals surface area contributed by atoms with Crippen LogP contribution in [0.2, 0.25) is 0 Å². The highest BCUT2D eigenvalue weighted by molar-refractivity contribution is 9.10. The molecule has 0 aromatic heterocycles. The Labute approximate surface area is 118 Å². The van der Waals surface area contributed by atoms with Crippen LogP contribution in [0.15, 0.2) is 22.7 Å². The molecule has 1 rings (SSSR count). The SMILES string of the molecule is CC(C)COCCOc1ccc(Br)cc1C(C)N. The molecule has 1 aromatic rings. The standard InChI is InChI=1S/C14H22BrNO2/c1-10(2)9-17-6-7-18-14-5-4-12(15)8-13(14)11(3)16/h4-5,8,10-11H,6-7,9,16H2,1-3H3. The van der Waals surface area contributed by atoms with Crippen LogP contribution in [0.1, 0.15) is 32.4 Å². The van der Waals surface area contributed by atoms with Gasteiger partial charge in [-0.1, -0.05) is 29.8 Å². The van der Waals surface area contributed by atoms with E-state index >= 15 is 0 Å². The lowest BCUT2D eigenvalue weighted by Crippen LogP contribution is -2.13. The molecule has 0 saturated heterocycles. The Bertz CT molecular complexity index is 367. The summed E-state index contributed by atoms with van der Waals surface area (Å²) in [5.41, 5.74) is 6.93. The van der Waals surface area contributed by atoms with E-state index in [1.54, 1.807) is 0 Å². The molecule has 0 radical (unpaired) electrons. The molecule has 0 aliphatic carbocycles. The van der Waals surface area contributed by atoms with Gasteiger partial charge in [-0.25, -0.2) is 0 Å². The molecule has 0 spiro atoms. The van der Waals surface area contributed by atoms with Crippen LogP contribution in [0.3, 0.4) is 0 Å². The first kappa shape index (κ1) is 15.5. The Kier molecular flexibility index (Phi) is 6.68. The summed E-state index contributed by atoms with van der Waals surface area (Å²) in [6, 6.07) is 5.84. The van der Waals surface area contributed by atoms with E-state index in [1.165, 1.54) is 0 Å². The van der Waals surface area contributed by atoms with Gasteiger partial charge < -0.3 is 15.2 Å². The van der Waals surface area contributed by atoms with Gasteiger partial charge in [0.1, 0.15) is 12.4 Å². The van der Waals surface area contributed by atoms with Crippen LogP contribution in [-0.4, -0.2) is 19.8 Å². The highest BCUT2D eigenvalue weighted by atomic mass is 79.9. The van der Waals surface area contributed by atoms with Gasteiger partial charge in [-0.15, -0.1) is 0 Å². The van der Waals surface area contributed by atoms with Crippen LogP contribution < -0.4 is 10.5 Å². The number of rotatable bonds is 7. The van der Waals surface area contributed by atoms with Gasteiger partial charge in [0.2, 0.25) is 0 Å². The van der Waals surface area contributed by atoms with Gasteiger partial charge in [0.05, 0.1) is 6.61 Å². The topological polar surface area (TPSA) is 44.5 Å². The highest BCUT2D eigenvalue weighted by Crippen LogP contribution is 2.27. The highest BCUT2D eigenvalue weighted by Gasteiger charge is 2.08. The van der Waals surface area contributed by atoms with E-state index in [2.05, 4.69) is 29.8 Å². The van der Waals surface area contributed by atoms with Crippen LogP contribution >= 0.6 is 15.9 Å². The minimum Gasteiger partial charge on any atom is -0.491 e. The fourth-order valence-electron chi connectivity index (χ4n) is 1.54. The summed E-state index contributed by atoms with van der Waals surface area (Å²) >= 11 is 3.44. The minimum absolute atomic E-state index is 0.0471. The minimum atomic E-state index is -0.0471. The lowest BCUT2D eigenvalue weighted by atomic mass is 10.1. The van der Waals surface area contributed by atoms with E-state index in [1.807, 2.05) is 25.1 Å². The zero-order valence-electron chi connectivity index (χ0n) is 11.3. The van der Waals surface area contributed by atoms with E-state index in [-0.39, 0.29) is 6.04 Å². The fourth-order valence-corrected chi connectivity index (χ4v) is 1.91. The molecule has 0 saturated carbocycles. The second-order valence-corrected chi connectivity index (χ2v) is 5.70. The number of hydrogen-bond donors (Lipinski definition) is 1. The maximum Gasteiger partial charge on any atom is 0.124 e. The Hall–Kier alpha value is -0.580. The molecule has 18 heavy (non-hydrogen) atoms. The van der Waals surface area contributed by atoms with Crippen LogP contribution in [0.25, 0.3) is 0 Å². The first-order valence-corrected chi connectivity index (χ1v) is 7.05. The summed E-state index contributed by atoms with van der Waals surface area (Å²) in [7, 11) is 0. The van der Waals surface area contributed by atoms with E-state index in [9.17, 15) is 0 Å². The number of nitrogens with two attached hydrogens (primary N) is 1. The van der Waals surface area contributed by atoms with Crippen molar-refractivity contribution in [3.63, 3.8) is 0 Å². The second kappa shape index (κ2) is 7.77. The van der Waals surface area contributed by atoms with Crippen molar-refractivity contribution in [2.45, 2.75) is 26.8 Å². The average molecular weight is 316 g/mol. The van der Waals surface area contributed by atoms with E-state index in [0.717, 1.165) is 22.4 Å². The molecule has 1 aromatic carbocycles. The van der Waals surface area contributed by atoms with Crippen LogP contribution in [0.5, 0.6) is 5.75 Å². The lowest BCUT2D eigenvalue weighted by molar-refractivity contribution is 0.0815. The maximum absolute atomic E-state index is 5.92. The largest absolute Gasteiger partial charge is 0.491 e. The normalized spacial score (nSPS) is 12.8. The number of hydrogen-bond acceptors (Lipinski definition) is 3. The molecular formula is C14H22BrNO2. The lowest BCUT2D eigenvalue weighted by Gasteiger charge is -2.15. The Morgan fingerprint density at radius 3 is 2.56 bits per heavy atom. The molecular weight excluding hydrogens is 294 g/mol. The summed E-state index contributed by atoms with van der Waals surface area (Å²) < 4.78 is 12.2. The van der Waals surface area contributed by atoms with Crippen LogP contribution in [0.4, 0.5) is 0 Å². The third kappa shape index (κ3) is 5.38. The van der Waals surface area contributed by atoms with Crippen molar-refractivity contribution in [1.82, 2.24) is 0 Å². The van der Waals surface area contributed by atoms with Gasteiger partial charge >= 0.3 is 0 Å². The van der Waals surface area contributed by atoms with Crippen molar-refractivity contribution in [2.75, 3.05) is 19.8 Å². The molecule has 4 heteroatoms. The Morgan fingerprint density at radius 2 is 1.94 bits per heavy atom. The van der Waals surface area contributed by atoms with Crippen molar-refractivity contribution >= 4 is 15.9 Å². The average Bonchev–Trinajstić information content (AvgIpc) is 2.29. The summed E-state index contributed by atoms with van der Waals surface area (Å²) in [6.45, 7) is 8.13. The first-order chi connectivity index (χ1) is 8.50. The number of halogens is 1. The van der Waals surface area contributed by atoms with Gasteiger partial charge in [0.25, 0.3) is 0 Å². The molecule has 3 nitrogen and oxygen atoms in total. The molecule has 1 atom stereocenters. The molecule has 0 fully saturated rings. The van der Waals surface area contributed by atoms with Crippen molar-refractivity contribution in [3.05, 3.63) is 28.2 Å². The fraction of sp³-hybridized carbons (Fsp3) is 0.571. The third-order valence-electron chi connectivity index (χ3n) is 2.40. The molecule has 2 N–H and O–H groups in total. The van der Waals surface area contributed by atoms with Gasteiger partial charge in [0.15, 0.2) is 0 Å². The summed E-state index contributed by atoms with van der Waals surface area (Å²) in [5, 5.41) is 0. The van der Waals surface area contributed by atoms with Gasteiger partial charge in [-0.3, -0.25) is 0 Å². The molecule has 0 aliphatic rings. The van der Waals surface area contributed by atoms with E-state index in [4.69, 9.17) is 15.2 Å². The van der Waals surface area contributed by atoms with Crippen molar-refractivity contribution < 1.29 is 9.47 Å². The van der Waals surface area contributed by atoms with Crippen LogP contribution in [-0.2, 0) is 4.74 Å². The summed E-state index contributed by atoms with van der Waals surface area (Å²) in [4.78, 5) is 0. The smallest absolute Gasteiger partial charge is 0.124 e. The molecule has 0 bridgehead atoms. The molecule has 102 valence electrons. The predicted molar refractivity (Wildman–Crippen MR) is 77.9 cm³/mol. The number of ether oxygens (including phenoxy) is 2. The van der Waals surface area contributed by atoms with E-state index < -0.39 is 0 Å². The number of benzene rings is 1. The van der Waals surface area contributed by atoms with Crippen molar-refractivity contribution in [1.29, 1.82) is 0 Å². The van der Waals surface area contributed by atoms with Gasteiger partial charge in [-0.2, -0.15) is 0 Å². The van der Waals surface area contributed by atoms with Crippen LogP contribution in [0, 0.1) is 5.92 Å². The zero-order valence-corrected chi connectivity index (χ0v) is 12.9. The molecule has 0 heterocycles. The molecule has 0 amide bonds. The van der Waals surface area contributed by atoms with Gasteiger partial charge in [0, 0.05) is 22.7 Å². The predicted octanol–water partition coefficient (Wildman–Crippen LogP) is 3.52. The summed E-state index contributed by atoms with van der Waals surface area (Å²) in [6.07, 6.45) is 0. The first-order valence-electron chi connectivity index (χ1n) is 6.26. The molecule has 0 aliphatic heterocycles. The van der Waals surface area contributed by atoms with Crippen molar-refractivity contribution in [3.8, 4) is 5.75 Å².